The fraction of sp³-hybridized carbons (Fsp3) is 0.571. The lowest BCUT2D eigenvalue weighted by Crippen LogP contribution is -2.31. The zero-order valence-electron chi connectivity index (χ0n) is 12.5. The molecule has 1 rings (SSSR count). The Labute approximate surface area is 113 Å². The van der Waals surface area contributed by atoms with Gasteiger partial charge in [0.15, 0.2) is 11.5 Å². The monoisotopic (exact) mass is 282 g/mol. The second-order valence-electron chi connectivity index (χ2n) is 7.15. The fourth-order valence-corrected chi connectivity index (χ4v) is 2.45. The van der Waals surface area contributed by atoms with E-state index in [2.05, 4.69) is 39.3 Å². The molecule has 0 saturated heterocycles. The molecule has 0 N–H and O–H groups in total. The van der Waals surface area contributed by atoms with E-state index in [0.29, 0.717) is 0 Å². The maximum atomic E-state index is 5.92. The quantitative estimate of drug-likeness (QED) is 0.728. The van der Waals surface area contributed by atoms with E-state index in [1.165, 1.54) is 0 Å². The highest BCUT2D eigenvalue weighted by atomic mass is 28.3. The molecule has 18 heavy (non-hydrogen) atoms. The van der Waals surface area contributed by atoms with E-state index in [-0.39, 0.29) is 0 Å². The highest BCUT2D eigenvalue weighted by Gasteiger charge is 2.18. The molecule has 102 valence electrons. The van der Waals surface area contributed by atoms with Crippen LogP contribution in [-0.4, -0.2) is 28.6 Å². The Morgan fingerprint density at radius 1 is 0.722 bits per heavy atom. The van der Waals surface area contributed by atoms with Gasteiger partial charge in [-0.05, 0) is 12.1 Å². The summed E-state index contributed by atoms with van der Waals surface area (Å²) >= 11 is 0. The Balaban J connectivity index is 2.68. The van der Waals surface area contributed by atoms with Crippen LogP contribution in [0.2, 0.25) is 39.3 Å². The number of para-hydroxylation sites is 2. The Morgan fingerprint density at radius 2 is 1.06 bits per heavy atom. The first kappa shape index (κ1) is 15.3. The molecule has 0 aliphatic carbocycles. The van der Waals surface area contributed by atoms with Crippen LogP contribution in [0, 0.1) is 0 Å². The SMILES string of the molecule is C[Si](C)(C)COc1ccccc1OC[Si](C)(C)C. The molecule has 0 saturated carbocycles. The lowest BCUT2D eigenvalue weighted by molar-refractivity contribution is 0.322. The van der Waals surface area contributed by atoms with Crippen LogP contribution in [-0.2, 0) is 0 Å². The molecule has 0 fully saturated rings. The van der Waals surface area contributed by atoms with Crippen molar-refractivity contribution < 1.29 is 9.47 Å². The lowest BCUT2D eigenvalue weighted by Gasteiger charge is -2.21. The zero-order chi connectivity index (χ0) is 13.8. The van der Waals surface area contributed by atoms with Gasteiger partial charge in [0.25, 0.3) is 0 Å². The van der Waals surface area contributed by atoms with Crippen LogP contribution < -0.4 is 9.47 Å². The summed E-state index contributed by atoms with van der Waals surface area (Å²) in [4.78, 5) is 0. The molecule has 4 heteroatoms. The third kappa shape index (κ3) is 6.26. The average molecular weight is 283 g/mol. The molecule has 0 unspecified atom stereocenters. The fourth-order valence-electron chi connectivity index (χ4n) is 1.28. The standard InChI is InChI=1S/C14H26O2Si2/c1-17(2,3)11-15-13-9-7-8-10-14(13)16-12-18(4,5)6/h7-10H,11-12H2,1-6H3. The summed E-state index contributed by atoms with van der Waals surface area (Å²) in [7, 11) is -2.38. The summed E-state index contributed by atoms with van der Waals surface area (Å²) in [6, 6.07) is 8.00. The molecule has 1 aromatic carbocycles. The summed E-state index contributed by atoms with van der Waals surface area (Å²) in [5.41, 5.74) is 0. The number of benzene rings is 1. The van der Waals surface area contributed by atoms with Crippen molar-refractivity contribution in [2.45, 2.75) is 39.3 Å². The van der Waals surface area contributed by atoms with Gasteiger partial charge in [0, 0.05) is 0 Å². The van der Waals surface area contributed by atoms with Crippen LogP contribution in [0.3, 0.4) is 0 Å². The summed E-state index contributed by atoms with van der Waals surface area (Å²) in [6.45, 7) is 13.8. The highest BCUT2D eigenvalue weighted by molar-refractivity contribution is 6.76. The molecule has 0 spiro atoms. The maximum absolute atomic E-state index is 5.92. The van der Waals surface area contributed by atoms with Crippen molar-refractivity contribution in [3.63, 3.8) is 0 Å². The van der Waals surface area contributed by atoms with Crippen molar-refractivity contribution >= 4 is 16.1 Å². The van der Waals surface area contributed by atoms with Crippen molar-refractivity contribution in [2.24, 2.45) is 0 Å². The second-order valence-corrected chi connectivity index (χ2v) is 18.0. The van der Waals surface area contributed by atoms with Crippen LogP contribution in [0.1, 0.15) is 0 Å². The molecule has 0 aromatic heterocycles. The van der Waals surface area contributed by atoms with Crippen LogP contribution in [0.15, 0.2) is 24.3 Å². The number of hydrogen-bond acceptors (Lipinski definition) is 2. The normalized spacial score (nSPS) is 12.3. The minimum Gasteiger partial charge on any atom is -0.493 e. The van der Waals surface area contributed by atoms with E-state index in [9.17, 15) is 0 Å². The van der Waals surface area contributed by atoms with Crippen molar-refractivity contribution in [3.8, 4) is 11.5 Å². The molecule has 0 radical (unpaired) electrons. The van der Waals surface area contributed by atoms with Crippen LogP contribution in [0.5, 0.6) is 11.5 Å². The number of rotatable bonds is 6. The number of ether oxygens (including phenoxy) is 2. The summed E-state index contributed by atoms with van der Waals surface area (Å²) < 4.78 is 11.8. The van der Waals surface area contributed by atoms with E-state index in [1.807, 2.05) is 24.3 Å². The highest BCUT2D eigenvalue weighted by Crippen LogP contribution is 2.27. The number of hydrogen-bond donors (Lipinski definition) is 0. The van der Waals surface area contributed by atoms with Gasteiger partial charge in [-0.3, -0.25) is 0 Å². The Kier molecular flexibility index (Phi) is 5.04. The van der Waals surface area contributed by atoms with Gasteiger partial charge in [0.05, 0.1) is 28.6 Å². The predicted octanol–water partition coefficient (Wildman–Crippen LogP) is 4.20. The molecule has 0 aliphatic heterocycles. The molecule has 0 atom stereocenters. The van der Waals surface area contributed by atoms with Gasteiger partial charge < -0.3 is 9.47 Å². The first-order chi connectivity index (χ1) is 8.17. The van der Waals surface area contributed by atoms with Gasteiger partial charge in [0.1, 0.15) is 0 Å². The maximum Gasteiger partial charge on any atom is 0.160 e. The molecule has 1 aromatic rings. The van der Waals surface area contributed by atoms with Crippen LogP contribution in [0.4, 0.5) is 0 Å². The molecular formula is C14H26O2Si2. The van der Waals surface area contributed by atoms with Crippen LogP contribution in [0.25, 0.3) is 0 Å². The minimum atomic E-state index is -1.19. The molecule has 2 nitrogen and oxygen atoms in total. The van der Waals surface area contributed by atoms with Crippen molar-refractivity contribution in [1.82, 2.24) is 0 Å². The Morgan fingerprint density at radius 3 is 1.33 bits per heavy atom. The molecule has 0 bridgehead atoms. The molecular weight excluding hydrogens is 256 g/mol. The summed E-state index contributed by atoms with van der Waals surface area (Å²) in [6.07, 6.45) is 1.67. The van der Waals surface area contributed by atoms with E-state index >= 15 is 0 Å². The first-order valence-corrected chi connectivity index (χ1v) is 13.9. The third-order valence-electron chi connectivity index (χ3n) is 2.17. The van der Waals surface area contributed by atoms with Crippen molar-refractivity contribution in [3.05, 3.63) is 24.3 Å². The first-order valence-electron chi connectivity index (χ1n) is 6.52. The summed E-state index contributed by atoms with van der Waals surface area (Å²) in [5.74, 6) is 1.77. The minimum absolute atomic E-state index is 0.834. The van der Waals surface area contributed by atoms with Gasteiger partial charge in [-0.2, -0.15) is 0 Å². The predicted molar refractivity (Wildman–Crippen MR) is 84.1 cm³/mol. The molecule has 0 amide bonds. The van der Waals surface area contributed by atoms with Gasteiger partial charge in [0.2, 0.25) is 0 Å². The largest absolute Gasteiger partial charge is 0.493 e. The summed E-state index contributed by atoms with van der Waals surface area (Å²) in [5, 5.41) is 0. The van der Waals surface area contributed by atoms with E-state index in [0.717, 1.165) is 24.0 Å². The molecule has 0 aliphatic rings. The van der Waals surface area contributed by atoms with Crippen molar-refractivity contribution in [1.29, 1.82) is 0 Å². The van der Waals surface area contributed by atoms with Gasteiger partial charge >= 0.3 is 0 Å². The van der Waals surface area contributed by atoms with Gasteiger partial charge in [-0.25, -0.2) is 0 Å². The van der Waals surface area contributed by atoms with Crippen LogP contribution >= 0.6 is 0 Å². The van der Waals surface area contributed by atoms with E-state index < -0.39 is 16.1 Å². The Hall–Kier alpha value is -0.746. The van der Waals surface area contributed by atoms with Gasteiger partial charge in [-0.1, -0.05) is 51.4 Å². The smallest absolute Gasteiger partial charge is 0.160 e. The van der Waals surface area contributed by atoms with E-state index in [1.54, 1.807) is 0 Å². The topological polar surface area (TPSA) is 18.5 Å². The average Bonchev–Trinajstić information content (AvgIpc) is 2.22. The second kappa shape index (κ2) is 5.93. The van der Waals surface area contributed by atoms with Gasteiger partial charge in [-0.15, -0.1) is 0 Å². The third-order valence-corrected chi connectivity index (χ3v) is 4.19. The van der Waals surface area contributed by atoms with Crippen molar-refractivity contribution in [2.75, 3.05) is 12.5 Å². The molecule has 0 heterocycles. The van der Waals surface area contributed by atoms with E-state index in [4.69, 9.17) is 9.47 Å². The lowest BCUT2D eigenvalue weighted by atomic mass is 10.3. The zero-order valence-corrected chi connectivity index (χ0v) is 14.5. The Bertz CT molecular complexity index is 341.